The monoisotopic (exact) mass is 345 g/mol. The van der Waals surface area contributed by atoms with Gasteiger partial charge in [0.25, 0.3) is 0 Å². The average molecular weight is 345 g/mol. The third-order valence-electron chi connectivity index (χ3n) is 3.38. The number of phenolic OH excluding ortho intramolecular Hbond substituents is 1. The number of fused-ring (bicyclic) bond motifs is 3. The van der Waals surface area contributed by atoms with Gasteiger partial charge in [0, 0.05) is 17.0 Å². The number of rotatable bonds is 3. The Hall–Kier alpha value is -3.23. The number of aromatic nitrogens is 1. The lowest BCUT2D eigenvalue weighted by Gasteiger charge is -2.07. The predicted molar refractivity (Wildman–Crippen MR) is 88.2 cm³/mol. The first-order chi connectivity index (χ1) is 11.8. The zero-order valence-corrected chi connectivity index (χ0v) is 12.8. The van der Waals surface area contributed by atoms with Crippen molar-refractivity contribution in [3.05, 3.63) is 48.7 Å². The third kappa shape index (κ3) is 4.19. The molecule has 8 nitrogen and oxygen atoms in total. The van der Waals surface area contributed by atoms with Gasteiger partial charge < -0.3 is 25.5 Å². The Labute approximate surface area is 141 Å². The van der Waals surface area contributed by atoms with Crippen LogP contribution in [0, 0.1) is 0 Å². The number of carboxylic acid groups (broad SMARTS) is 2. The fourth-order valence-corrected chi connectivity index (χ4v) is 2.12. The molecule has 8 heteroatoms. The maximum absolute atomic E-state index is 9.77. The second-order valence-electron chi connectivity index (χ2n) is 5.11. The number of nitrogens with zero attached hydrogens (tertiary/aromatic N) is 1. The highest BCUT2D eigenvalue weighted by molar-refractivity contribution is 6.05. The minimum Gasteiger partial charge on any atom is -0.508 e. The molecule has 130 valence electrons. The van der Waals surface area contributed by atoms with E-state index in [-0.39, 0.29) is 5.75 Å². The fourth-order valence-electron chi connectivity index (χ4n) is 2.12. The Balaban J connectivity index is 0.000000199. The molecule has 0 aliphatic heterocycles. The molecule has 0 spiro atoms. The Bertz CT molecular complexity index is 907. The lowest BCUT2D eigenvalue weighted by Crippen LogP contribution is -2.39. The molecule has 0 saturated heterocycles. The molecule has 2 aromatic carbocycles. The highest BCUT2D eigenvalue weighted by atomic mass is 16.4. The number of benzene rings is 2. The lowest BCUT2D eigenvalue weighted by molar-refractivity contribution is -0.165. The van der Waals surface area contributed by atoms with Gasteiger partial charge in [-0.2, -0.15) is 0 Å². The van der Waals surface area contributed by atoms with Crippen LogP contribution in [0.1, 0.15) is 0 Å². The molecule has 0 radical (unpaired) electrons. The lowest BCUT2D eigenvalue weighted by atomic mass is 10.1. The van der Waals surface area contributed by atoms with Crippen LogP contribution < -0.4 is 0 Å². The summed E-state index contributed by atoms with van der Waals surface area (Å²) in [6.45, 7) is 0. The number of aliphatic hydroxyl groups excluding tert-OH is 2. The maximum atomic E-state index is 9.77. The molecular weight excluding hydrogens is 330 g/mol. The molecule has 2 atom stereocenters. The van der Waals surface area contributed by atoms with E-state index in [1.54, 1.807) is 12.1 Å². The van der Waals surface area contributed by atoms with Crippen molar-refractivity contribution in [1.29, 1.82) is 0 Å². The van der Waals surface area contributed by atoms with Crippen molar-refractivity contribution in [2.75, 3.05) is 0 Å². The minimum absolute atomic E-state index is 0.278. The predicted octanol–water partition coefficient (Wildman–Crippen LogP) is 0.971. The van der Waals surface area contributed by atoms with Crippen molar-refractivity contribution in [1.82, 2.24) is 4.98 Å². The van der Waals surface area contributed by atoms with Crippen LogP contribution in [0.2, 0.25) is 0 Å². The van der Waals surface area contributed by atoms with Gasteiger partial charge in [-0.3, -0.25) is 4.98 Å². The van der Waals surface area contributed by atoms with Crippen molar-refractivity contribution in [2.24, 2.45) is 0 Å². The molecule has 1 heterocycles. The van der Waals surface area contributed by atoms with Crippen LogP contribution >= 0.6 is 0 Å². The zero-order valence-electron chi connectivity index (χ0n) is 12.8. The van der Waals surface area contributed by atoms with Crippen molar-refractivity contribution < 1.29 is 35.1 Å². The number of aliphatic carboxylic acids is 2. The number of carboxylic acids is 2. The minimum atomic E-state index is -2.27. The molecule has 0 unspecified atom stereocenters. The van der Waals surface area contributed by atoms with E-state index in [1.165, 1.54) is 0 Å². The second-order valence-corrected chi connectivity index (χ2v) is 5.11. The average Bonchev–Trinajstić information content (AvgIpc) is 2.60. The van der Waals surface area contributed by atoms with Gasteiger partial charge in [0.1, 0.15) is 5.75 Å². The standard InChI is InChI=1S/C13H9NO.C4H6O6/c15-10-5-6-13-12(7-10)11-4-2-1-3-9(11)8-14-13;5-1(3(7)8)2(6)4(9)10/h1-8,15H;1-2,5-6H,(H,7,8)(H,9,10)/t;1-,2-/m.1/s1. The van der Waals surface area contributed by atoms with Gasteiger partial charge in [-0.05, 0) is 23.6 Å². The SMILES string of the molecule is O=C(O)[C@H](O)[C@@H](O)C(=O)O.Oc1ccc2ncc3ccccc3c2c1. The van der Waals surface area contributed by atoms with Gasteiger partial charge >= 0.3 is 11.9 Å². The van der Waals surface area contributed by atoms with Crippen LogP contribution in [-0.4, -0.2) is 54.7 Å². The van der Waals surface area contributed by atoms with Gasteiger partial charge in [-0.15, -0.1) is 0 Å². The van der Waals surface area contributed by atoms with Gasteiger partial charge in [-0.25, -0.2) is 9.59 Å². The number of aromatic hydroxyl groups is 1. The molecule has 5 N–H and O–H groups in total. The van der Waals surface area contributed by atoms with Gasteiger partial charge in [0.05, 0.1) is 5.52 Å². The van der Waals surface area contributed by atoms with Crippen molar-refractivity contribution in [3.63, 3.8) is 0 Å². The first kappa shape index (κ1) is 18.1. The summed E-state index contributed by atoms with van der Waals surface area (Å²) < 4.78 is 0. The maximum Gasteiger partial charge on any atom is 0.335 e. The van der Waals surface area contributed by atoms with Crippen molar-refractivity contribution >= 4 is 33.6 Å². The number of hydrogen-bond donors (Lipinski definition) is 5. The van der Waals surface area contributed by atoms with Crippen molar-refractivity contribution in [3.8, 4) is 5.75 Å². The summed E-state index contributed by atoms with van der Waals surface area (Å²) in [5.74, 6) is -3.26. The molecule has 0 fully saturated rings. The summed E-state index contributed by atoms with van der Waals surface area (Å²) in [6, 6.07) is 13.3. The topological polar surface area (TPSA) is 148 Å². The molecule has 3 rings (SSSR count). The molecule has 0 aliphatic rings. The van der Waals surface area contributed by atoms with Gasteiger partial charge in [0.15, 0.2) is 12.2 Å². The fraction of sp³-hybridized carbons (Fsp3) is 0.118. The van der Waals surface area contributed by atoms with Crippen molar-refractivity contribution in [2.45, 2.75) is 12.2 Å². The van der Waals surface area contributed by atoms with Crippen LogP contribution in [-0.2, 0) is 9.59 Å². The Morgan fingerprint density at radius 3 is 2.08 bits per heavy atom. The number of hydrogen-bond acceptors (Lipinski definition) is 6. The summed E-state index contributed by atoms with van der Waals surface area (Å²) in [5.41, 5.74) is 0.909. The van der Waals surface area contributed by atoms with Gasteiger partial charge in [-0.1, -0.05) is 24.3 Å². The van der Waals surface area contributed by atoms with Crippen LogP contribution in [0.15, 0.2) is 48.7 Å². The quantitative estimate of drug-likeness (QED) is 0.441. The molecule has 0 amide bonds. The molecule has 0 aliphatic carbocycles. The van der Waals surface area contributed by atoms with E-state index >= 15 is 0 Å². The van der Waals surface area contributed by atoms with E-state index < -0.39 is 24.1 Å². The van der Waals surface area contributed by atoms with Crippen LogP contribution in [0.5, 0.6) is 5.75 Å². The van der Waals surface area contributed by atoms with Crippen LogP contribution in [0.3, 0.4) is 0 Å². The third-order valence-corrected chi connectivity index (χ3v) is 3.38. The molecule has 0 saturated carbocycles. The summed E-state index contributed by atoms with van der Waals surface area (Å²) in [5, 5.41) is 45.2. The largest absolute Gasteiger partial charge is 0.508 e. The van der Waals surface area contributed by atoms with E-state index in [0.717, 1.165) is 21.7 Å². The molecular formula is C17H15NO7. The zero-order chi connectivity index (χ0) is 18.6. The van der Waals surface area contributed by atoms with Crippen LogP contribution in [0.25, 0.3) is 21.7 Å². The number of carbonyl (C=O) groups is 2. The van der Waals surface area contributed by atoms with Gasteiger partial charge in [0.2, 0.25) is 0 Å². The van der Waals surface area contributed by atoms with E-state index in [1.807, 2.05) is 36.5 Å². The summed E-state index contributed by atoms with van der Waals surface area (Å²) >= 11 is 0. The number of aliphatic hydroxyl groups is 2. The molecule has 0 bridgehead atoms. The molecule has 1 aromatic heterocycles. The normalized spacial score (nSPS) is 12.9. The first-order valence-electron chi connectivity index (χ1n) is 7.09. The summed E-state index contributed by atoms with van der Waals surface area (Å²) in [4.78, 5) is 23.9. The smallest absolute Gasteiger partial charge is 0.335 e. The van der Waals surface area contributed by atoms with E-state index in [0.29, 0.717) is 0 Å². The number of phenols is 1. The van der Waals surface area contributed by atoms with E-state index in [2.05, 4.69) is 4.98 Å². The van der Waals surface area contributed by atoms with E-state index in [4.69, 9.17) is 20.4 Å². The summed E-state index contributed by atoms with van der Waals surface area (Å²) in [6.07, 6.45) is -2.68. The Kier molecular flexibility index (Phi) is 5.48. The Morgan fingerprint density at radius 1 is 0.880 bits per heavy atom. The Morgan fingerprint density at radius 2 is 1.48 bits per heavy atom. The molecule has 25 heavy (non-hydrogen) atoms. The summed E-state index contributed by atoms with van der Waals surface area (Å²) in [7, 11) is 0. The first-order valence-corrected chi connectivity index (χ1v) is 7.09. The highest BCUT2D eigenvalue weighted by Crippen LogP contribution is 2.25. The van der Waals surface area contributed by atoms with E-state index in [9.17, 15) is 14.7 Å². The second kappa shape index (κ2) is 7.56. The molecule has 3 aromatic rings. The van der Waals surface area contributed by atoms with Crippen LogP contribution in [0.4, 0.5) is 0 Å². The number of pyridine rings is 1. The highest BCUT2D eigenvalue weighted by Gasteiger charge is 2.29.